The second-order valence-electron chi connectivity index (χ2n) is 10.7. The Morgan fingerprint density at radius 2 is 2.09 bits per heavy atom. The van der Waals surface area contributed by atoms with Gasteiger partial charge in [0.15, 0.2) is 10.8 Å². The zero-order valence-electron chi connectivity index (χ0n) is 24.0. The number of hydrogen-bond acceptors (Lipinski definition) is 11. The Kier molecular flexibility index (Phi) is 8.47. The Hall–Kier alpha value is -4.14. The molecule has 3 aromatic rings. The summed E-state index contributed by atoms with van der Waals surface area (Å²) in [4.78, 5) is 56.8. The Balaban J connectivity index is 1.25. The van der Waals surface area contributed by atoms with E-state index in [2.05, 4.69) is 20.2 Å². The van der Waals surface area contributed by atoms with Crippen molar-refractivity contribution in [1.82, 2.24) is 25.1 Å². The number of aromatic nitrogens is 2. The fourth-order valence-corrected chi connectivity index (χ4v) is 6.46. The lowest BCUT2D eigenvalue weighted by Gasteiger charge is -2.38. The van der Waals surface area contributed by atoms with Crippen molar-refractivity contribution in [3.8, 4) is 0 Å². The number of carbonyl (C=O) groups excluding carboxylic acids is 3. The number of hydrogen-bond donors (Lipinski definition) is 1. The summed E-state index contributed by atoms with van der Waals surface area (Å²) in [6.07, 6.45) is 3.97. The number of Topliss-reactive ketones (excluding diaryl/α,β-unsaturated/α-hetero) is 1. The predicted octanol–water partition coefficient (Wildman–Crippen LogP) is 3.59. The van der Waals surface area contributed by atoms with E-state index in [1.807, 2.05) is 5.38 Å². The number of esters is 1. The highest BCUT2D eigenvalue weighted by Crippen LogP contribution is 2.37. The number of nitrogens with one attached hydrogen (secondary N) is 1. The van der Waals surface area contributed by atoms with Gasteiger partial charge in [0, 0.05) is 66.9 Å². The Bertz CT molecular complexity index is 1660. The monoisotopic (exact) mass is 641 g/mol. The maximum atomic E-state index is 14.0. The summed E-state index contributed by atoms with van der Waals surface area (Å²) in [7, 11) is 1.29. The molecule has 6 rings (SSSR count). The highest BCUT2D eigenvalue weighted by atomic mass is 35.5. The van der Waals surface area contributed by atoms with Crippen molar-refractivity contribution in [1.29, 1.82) is 0 Å². The van der Waals surface area contributed by atoms with Gasteiger partial charge < -0.3 is 24.2 Å². The van der Waals surface area contributed by atoms with Gasteiger partial charge in [0.1, 0.15) is 23.4 Å². The summed E-state index contributed by atoms with van der Waals surface area (Å²) < 4.78 is 24.9. The van der Waals surface area contributed by atoms with Crippen LogP contribution in [0.4, 0.5) is 15.2 Å². The van der Waals surface area contributed by atoms with Gasteiger partial charge in [-0.25, -0.2) is 28.8 Å². The van der Waals surface area contributed by atoms with E-state index in [-0.39, 0.29) is 34.5 Å². The van der Waals surface area contributed by atoms with E-state index in [0.29, 0.717) is 73.4 Å². The fraction of sp³-hybridized carbons (Fsp3) is 0.379. The molecule has 2 saturated heterocycles. The summed E-state index contributed by atoms with van der Waals surface area (Å²) in [5.74, 6) is -0.0413. The lowest BCUT2D eigenvalue weighted by molar-refractivity contribution is -0.136. The first kappa shape index (κ1) is 29.9. The number of urea groups is 1. The van der Waals surface area contributed by atoms with Crippen molar-refractivity contribution in [2.45, 2.75) is 31.8 Å². The largest absolute Gasteiger partial charge is 0.466 e. The molecule has 44 heavy (non-hydrogen) atoms. The number of thiazole rings is 1. The third kappa shape index (κ3) is 5.97. The van der Waals surface area contributed by atoms with Crippen LogP contribution in [0.1, 0.15) is 35.7 Å². The number of rotatable bonds is 9. The van der Waals surface area contributed by atoms with Gasteiger partial charge in [0.05, 0.1) is 31.5 Å². The predicted molar refractivity (Wildman–Crippen MR) is 160 cm³/mol. The number of amidine groups is 1. The highest BCUT2D eigenvalue weighted by Gasteiger charge is 2.44. The number of amides is 2. The molecule has 12 nitrogen and oxygen atoms in total. The number of ether oxygens (including phenoxy) is 1. The number of oxazole rings is 1. The molecule has 2 amide bonds. The van der Waals surface area contributed by atoms with Crippen LogP contribution in [0.25, 0.3) is 0 Å². The average Bonchev–Trinajstić information content (AvgIpc) is 3.76. The van der Waals surface area contributed by atoms with Gasteiger partial charge in [-0.2, -0.15) is 0 Å². The molecular formula is C29H29ClFN7O5S. The van der Waals surface area contributed by atoms with Crippen LogP contribution in [0.15, 0.2) is 56.7 Å². The van der Waals surface area contributed by atoms with E-state index in [1.165, 1.54) is 48.5 Å². The third-order valence-electron chi connectivity index (χ3n) is 7.74. The van der Waals surface area contributed by atoms with Crippen molar-refractivity contribution in [3.05, 3.63) is 74.4 Å². The maximum Gasteiger partial charge on any atom is 0.338 e. The first-order chi connectivity index (χ1) is 21.2. The molecule has 2 fully saturated rings. The maximum absolute atomic E-state index is 14.0. The van der Waals surface area contributed by atoms with E-state index in [9.17, 15) is 18.8 Å². The minimum absolute atomic E-state index is 0.0486. The lowest BCUT2D eigenvalue weighted by atomic mass is 9.95. The van der Waals surface area contributed by atoms with Crippen LogP contribution in [0.5, 0.6) is 0 Å². The smallest absolute Gasteiger partial charge is 0.338 e. The molecule has 1 N–H and O–H groups in total. The molecule has 0 saturated carbocycles. The van der Waals surface area contributed by atoms with Gasteiger partial charge in [-0.3, -0.25) is 9.89 Å². The summed E-state index contributed by atoms with van der Waals surface area (Å²) in [6, 6.07) is 2.99. The number of methoxy groups -OCH3 is 1. The molecule has 0 radical (unpaired) electrons. The molecule has 15 heteroatoms. The van der Waals surface area contributed by atoms with Gasteiger partial charge in [0.25, 0.3) is 0 Å². The number of benzene rings is 1. The number of fused-ring (bicyclic) bond motifs is 1. The van der Waals surface area contributed by atoms with Gasteiger partial charge in [-0.15, -0.1) is 11.3 Å². The van der Waals surface area contributed by atoms with Gasteiger partial charge in [-0.05, 0) is 19.1 Å². The number of piperazine rings is 1. The molecule has 0 bridgehead atoms. The van der Waals surface area contributed by atoms with Crippen molar-refractivity contribution < 1.29 is 27.9 Å². The van der Waals surface area contributed by atoms with Crippen LogP contribution in [0, 0.1) is 5.82 Å². The van der Waals surface area contributed by atoms with Crippen LogP contribution in [0.2, 0.25) is 5.02 Å². The van der Waals surface area contributed by atoms with Gasteiger partial charge in [0.2, 0.25) is 0 Å². The number of halogens is 2. The van der Waals surface area contributed by atoms with Gasteiger partial charge in [-0.1, -0.05) is 17.7 Å². The van der Waals surface area contributed by atoms with E-state index in [1.54, 1.807) is 17.3 Å². The topological polar surface area (TPSA) is 133 Å². The SMILES string of the molecule is COC(=O)C1=C(CN2CCN3C(=O)N(c4ncc(CCC(C)=O)o4)C[C@@H]3C2)NC(c2nccs2)=N[C@H]1c1ccc(F)cc1Cl. The van der Waals surface area contributed by atoms with E-state index >= 15 is 0 Å². The molecule has 3 aliphatic heterocycles. The van der Waals surface area contributed by atoms with Crippen molar-refractivity contribution in [2.24, 2.45) is 4.99 Å². The normalized spacial score (nSPS) is 20.5. The lowest BCUT2D eigenvalue weighted by Crippen LogP contribution is -2.53. The number of ketones is 1. The quantitative estimate of drug-likeness (QED) is 0.348. The number of carbonyl (C=O) groups is 3. The van der Waals surface area contributed by atoms with Crippen LogP contribution in [-0.4, -0.2) is 89.3 Å². The fourth-order valence-electron chi connectivity index (χ4n) is 5.60. The molecule has 1 aromatic carbocycles. The number of anilines is 1. The Morgan fingerprint density at radius 3 is 2.82 bits per heavy atom. The molecule has 0 aliphatic carbocycles. The molecule has 2 atom stereocenters. The molecule has 2 aromatic heterocycles. The first-order valence-electron chi connectivity index (χ1n) is 14.0. The van der Waals surface area contributed by atoms with E-state index in [4.69, 9.17) is 25.7 Å². The van der Waals surface area contributed by atoms with Crippen molar-refractivity contribution in [3.63, 3.8) is 0 Å². The zero-order valence-corrected chi connectivity index (χ0v) is 25.5. The molecule has 0 unspecified atom stereocenters. The summed E-state index contributed by atoms with van der Waals surface area (Å²) in [5.41, 5.74) is 1.27. The highest BCUT2D eigenvalue weighted by molar-refractivity contribution is 7.11. The number of aryl methyl sites for hydroxylation is 1. The van der Waals surface area contributed by atoms with Gasteiger partial charge >= 0.3 is 18.0 Å². The van der Waals surface area contributed by atoms with Crippen LogP contribution < -0.4 is 10.2 Å². The zero-order chi connectivity index (χ0) is 31.0. The average molecular weight is 642 g/mol. The van der Waals surface area contributed by atoms with E-state index < -0.39 is 17.8 Å². The van der Waals surface area contributed by atoms with Crippen LogP contribution >= 0.6 is 22.9 Å². The van der Waals surface area contributed by atoms with Crippen LogP contribution in [0.3, 0.4) is 0 Å². The number of nitrogens with zero attached hydrogens (tertiary/aromatic N) is 6. The molecule has 3 aliphatic rings. The minimum Gasteiger partial charge on any atom is -0.466 e. The molecular weight excluding hydrogens is 613 g/mol. The van der Waals surface area contributed by atoms with Crippen LogP contribution in [-0.2, 0) is 20.7 Å². The third-order valence-corrected chi connectivity index (χ3v) is 8.84. The molecule has 5 heterocycles. The summed E-state index contributed by atoms with van der Waals surface area (Å²) in [5, 5.41) is 5.87. The first-order valence-corrected chi connectivity index (χ1v) is 15.2. The summed E-state index contributed by atoms with van der Waals surface area (Å²) in [6.45, 7) is 3.72. The van der Waals surface area contributed by atoms with E-state index in [0.717, 1.165) is 0 Å². The van der Waals surface area contributed by atoms with Crippen molar-refractivity contribution >= 4 is 52.6 Å². The molecule has 230 valence electrons. The Morgan fingerprint density at radius 1 is 1.25 bits per heavy atom. The van der Waals surface area contributed by atoms with Crippen molar-refractivity contribution in [2.75, 3.05) is 44.7 Å². The standard InChI is InChI=1S/C29H29ClFN7O5S/c1-16(39)3-5-19-12-33-28(43-19)38-14-18-13-36(8-9-37(18)29(38)41)15-22-23(27(40)42-2)24(20-6-4-17(31)11-21(20)30)35-25(34-22)26-32-7-10-44-26/h4,6-7,10-12,18,24H,3,5,8-9,13-15H2,1-2H3,(H,34,35)/t18-,24-/m0/s1. The number of aliphatic imine (C=N–C) groups is 1. The minimum atomic E-state index is -0.863. The summed E-state index contributed by atoms with van der Waals surface area (Å²) >= 11 is 7.85. The Labute approximate surface area is 261 Å². The molecule has 0 spiro atoms. The second kappa shape index (κ2) is 12.5. The second-order valence-corrected chi connectivity index (χ2v) is 12.0.